The van der Waals surface area contributed by atoms with E-state index in [1.807, 2.05) is 38.2 Å². The molecule has 2 rings (SSSR count). The molecule has 0 saturated carbocycles. The van der Waals surface area contributed by atoms with E-state index < -0.39 is 12.0 Å². The smallest absolute Gasteiger partial charge is 0.326 e. The second kappa shape index (κ2) is 7.11. The van der Waals surface area contributed by atoms with Crippen LogP contribution in [0.5, 0.6) is 0 Å². The average Bonchev–Trinajstić information content (AvgIpc) is 2.87. The highest BCUT2D eigenvalue weighted by Crippen LogP contribution is 2.22. The second-order valence-corrected chi connectivity index (χ2v) is 5.59. The van der Waals surface area contributed by atoms with Gasteiger partial charge in [0.1, 0.15) is 6.04 Å². The Labute approximate surface area is 129 Å². The maximum Gasteiger partial charge on any atom is 0.326 e. The van der Waals surface area contributed by atoms with Crippen molar-refractivity contribution < 1.29 is 14.7 Å². The second-order valence-electron chi connectivity index (χ2n) is 5.59. The zero-order valence-corrected chi connectivity index (χ0v) is 13.0. The number of benzene rings is 1. The first-order chi connectivity index (χ1) is 10.5. The lowest BCUT2D eigenvalue weighted by Crippen LogP contribution is -2.41. The van der Waals surface area contributed by atoms with Crippen LogP contribution in [0, 0.1) is 6.92 Å². The predicted molar refractivity (Wildman–Crippen MR) is 85.8 cm³/mol. The van der Waals surface area contributed by atoms with Crippen molar-refractivity contribution in [3.63, 3.8) is 0 Å². The van der Waals surface area contributed by atoms with E-state index in [1.165, 1.54) is 0 Å². The van der Waals surface area contributed by atoms with Crippen molar-refractivity contribution in [2.75, 3.05) is 0 Å². The van der Waals surface area contributed by atoms with Gasteiger partial charge >= 0.3 is 5.97 Å². The number of fused-ring (bicyclic) bond motifs is 1. The molecule has 22 heavy (non-hydrogen) atoms. The number of carbonyl (C=O) groups excluding carboxylic acids is 1. The minimum Gasteiger partial charge on any atom is -0.480 e. The van der Waals surface area contributed by atoms with Crippen LogP contribution < -0.4 is 5.32 Å². The van der Waals surface area contributed by atoms with E-state index in [0.717, 1.165) is 34.9 Å². The predicted octanol–water partition coefficient (Wildman–Crippen LogP) is 2.78. The van der Waals surface area contributed by atoms with Gasteiger partial charge in [-0.2, -0.15) is 0 Å². The van der Waals surface area contributed by atoms with Crippen LogP contribution in [-0.2, 0) is 16.0 Å². The first-order valence-corrected chi connectivity index (χ1v) is 7.60. The van der Waals surface area contributed by atoms with Crippen LogP contribution in [0.3, 0.4) is 0 Å². The molecule has 0 spiro atoms. The number of hydrogen-bond donors (Lipinski definition) is 3. The maximum absolute atomic E-state index is 12.2. The number of carboxylic acids is 1. The number of hydrogen-bond acceptors (Lipinski definition) is 2. The molecule has 1 amide bonds. The van der Waals surface area contributed by atoms with Crippen molar-refractivity contribution in [3.8, 4) is 0 Å². The molecule has 1 aromatic heterocycles. The summed E-state index contributed by atoms with van der Waals surface area (Å²) >= 11 is 0. The summed E-state index contributed by atoms with van der Waals surface area (Å²) in [6.45, 7) is 3.99. The fourth-order valence-corrected chi connectivity index (χ4v) is 2.67. The highest BCUT2D eigenvalue weighted by Gasteiger charge is 2.20. The Morgan fingerprint density at radius 1 is 1.36 bits per heavy atom. The number of aryl methyl sites for hydroxylation is 1. The van der Waals surface area contributed by atoms with E-state index >= 15 is 0 Å². The van der Waals surface area contributed by atoms with Gasteiger partial charge < -0.3 is 15.4 Å². The molecule has 1 heterocycles. The lowest BCUT2D eigenvalue weighted by atomic mass is 10.0. The summed E-state index contributed by atoms with van der Waals surface area (Å²) in [5, 5.41) is 12.8. The third-order valence-electron chi connectivity index (χ3n) is 3.83. The zero-order chi connectivity index (χ0) is 16.1. The molecular weight excluding hydrogens is 280 g/mol. The van der Waals surface area contributed by atoms with Crippen LogP contribution in [0.25, 0.3) is 10.9 Å². The number of aromatic amines is 1. The molecule has 3 N–H and O–H groups in total. The Bertz CT molecular complexity index is 676. The third kappa shape index (κ3) is 3.67. The van der Waals surface area contributed by atoms with Crippen molar-refractivity contribution in [1.82, 2.24) is 10.3 Å². The molecule has 0 radical (unpaired) electrons. The largest absolute Gasteiger partial charge is 0.480 e. The lowest BCUT2D eigenvalue weighted by molar-refractivity contribution is -0.141. The van der Waals surface area contributed by atoms with Gasteiger partial charge in [0.25, 0.3) is 0 Å². The van der Waals surface area contributed by atoms with Gasteiger partial charge in [-0.1, -0.05) is 31.9 Å². The van der Waals surface area contributed by atoms with Gasteiger partial charge in [-0.05, 0) is 30.5 Å². The molecule has 118 valence electrons. The van der Waals surface area contributed by atoms with Gasteiger partial charge in [0, 0.05) is 17.1 Å². The minimum absolute atomic E-state index is 0.181. The van der Waals surface area contributed by atoms with Crippen LogP contribution in [0.1, 0.15) is 37.3 Å². The van der Waals surface area contributed by atoms with Crippen LogP contribution >= 0.6 is 0 Å². The number of rotatable bonds is 7. The van der Waals surface area contributed by atoms with Crippen LogP contribution in [0.4, 0.5) is 0 Å². The number of aliphatic carboxylic acids is 1. The van der Waals surface area contributed by atoms with E-state index in [-0.39, 0.29) is 12.3 Å². The van der Waals surface area contributed by atoms with E-state index in [9.17, 15) is 9.59 Å². The summed E-state index contributed by atoms with van der Waals surface area (Å²) in [5.41, 5.74) is 2.98. The van der Waals surface area contributed by atoms with E-state index in [1.54, 1.807) is 0 Å². The topological polar surface area (TPSA) is 82.2 Å². The molecule has 0 fully saturated rings. The summed E-state index contributed by atoms with van der Waals surface area (Å²) in [4.78, 5) is 26.5. The molecule has 0 aliphatic carbocycles. The Kier molecular flexibility index (Phi) is 5.20. The molecule has 0 aliphatic heterocycles. The zero-order valence-electron chi connectivity index (χ0n) is 13.0. The molecule has 0 saturated heterocycles. The summed E-state index contributed by atoms with van der Waals surface area (Å²) < 4.78 is 0. The highest BCUT2D eigenvalue weighted by atomic mass is 16.4. The number of carbonyl (C=O) groups is 2. The maximum atomic E-state index is 12.2. The van der Waals surface area contributed by atoms with Crippen molar-refractivity contribution in [2.24, 2.45) is 0 Å². The van der Waals surface area contributed by atoms with Gasteiger partial charge in [-0.15, -0.1) is 0 Å². The molecule has 0 aliphatic rings. The average molecular weight is 302 g/mol. The van der Waals surface area contributed by atoms with Gasteiger partial charge in [0.2, 0.25) is 5.91 Å². The Hall–Kier alpha value is -2.30. The number of nitrogens with one attached hydrogen (secondary N) is 2. The Morgan fingerprint density at radius 2 is 2.14 bits per heavy atom. The lowest BCUT2D eigenvalue weighted by Gasteiger charge is -2.14. The van der Waals surface area contributed by atoms with Crippen molar-refractivity contribution in [2.45, 2.75) is 45.6 Å². The highest BCUT2D eigenvalue weighted by molar-refractivity contribution is 5.92. The van der Waals surface area contributed by atoms with E-state index in [0.29, 0.717) is 6.42 Å². The van der Waals surface area contributed by atoms with Crippen molar-refractivity contribution in [3.05, 3.63) is 35.5 Å². The fraction of sp³-hybridized carbons (Fsp3) is 0.412. The molecular formula is C17H22N2O3. The molecule has 0 unspecified atom stereocenters. The molecule has 0 bridgehead atoms. The quantitative estimate of drug-likeness (QED) is 0.735. The molecule has 1 aromatic carbocycles. The normalized spacial score (nSPS) is 12.3. The van der Waals surface area contributed by atoms with Crippen molar-refractivity contribution in [1.29, 1.82) is 0 Å². The van der Waals surface area contributed by atoms with Gasteiger partial charge in [0.05, 0.1) is 6.42 Å². The SMILES string of the molecule is CCCC[C@H](NC(=O)Cc1c[nH]c2cccc(C)c12)C(=O)O. The number of aromatic nitrogens is 1. The first-order valence-electron chi connectivity index (χ1n) is 7.60. The van der Waals surface area contributed by atoms with Crippen LogP contribution in [0.2, 0.25) is 0 Å². The number of unbranched alkanes of at least 4 members (excludes halogenated alkanes) is 1. The minimum atomic E-state index is -0.975. The fourth-order valence-electron chi connectivity index (χ4n) is 2.67. The monoisotopic (exact) mass is 302 g/mol. The number of carboxylic acid groups (broad SMARTS) is 1. The standard InChI is InChI=1S/C17H22N2O3/c1-3-4-7-14(17(21)22)19-15(20)9-12-10-18-13-8-5-6-11(2)16(12)13/h5-6,8,10,14,18H,3-4,7,9H2,1-2H3,(H,19,20)(H,21,22)/t14-/m0/s1. The third-order valence-corrected chi connectivity index (χ3v) is 3.83. The van der Waals surface area contributed by atoms with Crippen molar-refractivity contribution >= 4 is 22.8 Å². The van der Waals surface area contributed by atoms with Crippen LogP contribution in [-0.4, -0.2) is 28.0 Å². The van der Waals surface area contributed by atoms with Gasteiger partial charge in [-0.3, -0.25) is 4.79 Å². The molecule has 5 heteroatoms. The summed E-state index contributed by atoms with van der Waals surface area (Å²) in [6.07, 6.45) is 4.15. The summed E-state index contributed by atoms with van der Waals surface area (Å²) in [6, 6.07) is 5.12. The Morgan fingerprint density at radius 3 is 2.82 bits per heavy atom. The number of H-pyrrole nitrogens is 1. The van der Waals surface area contributed by atoms with Gasteiger partial charge in [-0.25, -0.2) is 4.79 Å². The molecule has 1 atom stereocenters. The first kappa shape index (κ1) is 16.1. The number of amides is 1. The van der Waals surface area contributed by atoms with Gasteiger partial charge in [0.15, 0.2) is 0 Å². The summed E-state index contributed by atoms with van der Waals surface area (Å²) in [7, 11) is 0. The van der Waals surface area contributed by atoms with E-state index in [4.69, 9.17) is 5.11 Å². The molecule has 2 aromatic rings. The van der Waals surface area contributed by atoms with E-state index in [2.05, 4.69) is 10.3 Å². The molecule has 5 nitrogen and oxygen atoms in total. The summed E-state index contributed by atoms with van der Waals surface area (Å²) in [5.74, 6) is -1.23. The Balaban J connectivity index is 2.08. The van der Waals surface area contributed by atoms with Crippen LogP contribution in [0.15, 0.2) is 24.4 Å².